The fourth-order valence-corrected chi connectivity index (χ4v) is 0. The minimum absolute atomic E-state index is 0. The molecule has 0 unspecified atom stereocenters. The molecule has 0 spiro atoms. The predicted molar refractivity (Wildman–Crippen MR) is 14.6 cm³/mol. The van der Waals surface area contributed by atoms with Crippen LogP contribution < -0.4 is 51.4 Å². The van der Waals surface area contributed by atoms with Gasteiger partial charge in [-0.15, -0.1) is 0 Å². The molecule has 0 atom stereocenters. The fourth-order valence-electron chi connectivity index (χ4n) is 0. The van der Waals surface area contributed by atoms with E-state index in [2.05, 4.69) is 0 Å². The Morgan fingerprint density at radius 1 is 1.50 bits per heavy atom. The largest absolute Gasteiger partial charge is 1.00 e. The first-order valence-electron chi connectivity index (χ1n) is 0.651. The molecule has 2 N–H and O–H groups in total. The first-order valence-corrected chi connectivity index (χ1v) is 1.95. The molecule has 3 nitrogen and oxygen atoms in total. The summed E-state index contributed by atoms with van der Waals surface area (Å²) in [5.74, 6) is 0. The Hall–Kier alpha value is 2.50. The van der Waals surface area contributed by atoms with E-state index in [1.165, 1.54) is 0 Å². The zero-order valence-electron chi connectivity index (χ0n) is 4.30. The van der Waals surface area contributed by atoms with Gasteiger partial charge in [0, 0.05) is 21.7 Å². The van der Waals surface area contributed by atoms with Crippen LogP contribution in [0, 0.1) is 0 Å². The SMILES string of the molecule is O=[PH](O)O.[H-].[K+].[Ti]. The Morgan fingerprint density at radius 3 is 1.50 bits per heavy atom. The summed E-state index contributed by atoms with van der Waals surface area (Å²) in [4.78, 5) is 14.3. The van der Waals surface area contributed by atoms with Gasteiger partial charge in [-0.05, 0) is 0 Å². The second-order valence-corrected chi connectivity index (χ2v) is 0.848. The average molecular weight is 170 g/mol. The zero-order valence-corrected chi connectivity index (χ0v) is 8.99. The smallest absolute Gasteiger partial charge is 1.00 e. The Kier molecular flexibility index (Phi) is 27.6. The van der Waals surface area contributed by atoms with E-state index >= 15 is 0 Å². The number of hydrogen-bond acceptors (Lipinski definition) is 1. The van der Waals surface area contributed by atoms with Gasteiger partial charge in [0.2, 0.25) is 0 Å². The summed E-state index contributed by atoms with van der Waals surface area (Å²) in [6.45, 7) is 0. The Morgan fingerprint density at radius 2 is 1.50 bits per heavy atom. The molecule has 0 aromatic rings. The van der Waals surface area contributed by atoms with Crippen LogP contribution in [0.4, 0.5) is 0 Å². The van der Waals surface area contributed by atoms with Crippen LogP contribution in [0.5, 0.6) is 0 Å². The molecule has 0 heterocycles. The van der Waals surface area contributed by atoms with Gasteiger partial charge in [-0.25, -0.2) is 0 Å². The van der Waals surface area contributed by atoms with Crippen molar-refractivity contribution in [2.45, 2.75) is 0 Å². The van der Waals surface area contributed by atoms with Crippen LogP contribution in [-0.4, -0.2) is 9.79 Å². The van der Waals surface area contributed by atoms with E-state index in [4.69, 9.17) is 14.4 Å². The predicted octanol–water partition coefficient (Wildman–Crippen LogP) is -3.53. The van der Waals surface area contributed by atoms with Crippen LogP contribution in [0.1, 0.15) is 1.43 Å². The van der Waals surface area contributed by atoms with E-state index in [9.17, 15) is 0 Å². The topological polar surface area (TPSA) is 57.5 Å². The third kappa shape index (κ3) is 31.5. The van der Waals surface area contributed by atoms with E-state index in [1.54, 1.807) is 0 Å². The van der Waals surface area contributed by atoms with Crippen LogP contribution in [-0.2, 0) is 26.3 Å². The van der Waals surface area contributed by atoms with Gasteiger partial charge in [-0.2, -0.15) is 0 Å². The molecular formula is H4KO3PTi. The minimum atomic E-state index is -3.13. The fraction of sp³-hybridized carbons (Fsp3) is 0. The van der Waals surface area contributed by atoms with E-state index in [0.717, 1.165) is 0 Å². The van der Waals surface area contributed by atoms with Crippen molar-refractivity contribution < 1.29 is 88.9 Å². The van der Waals surface area contributed by atoms with Gasteiger partial charge in [-0.1, -0.05) is 0 Å². The van der Waals surface area contributed by atoms with Crippen molar-refractivity contribution >= 4 is 8.25 Å². The summed E-state index contributed by atoms with van der Waals surface area (Å²) in [6, 6.07) is 0. The molecule has 0 aliphatic heterocycles. The quantitative estimate of drug-likeness (QED) is 0.292. The maximum absolute atomic E-state index is 8.74. The molecule has 0 fully saturated rings. The van der Waals surface area contributed by atoms with E-state index in [0.29, 0.717) is 0 Å². The normalized spacial score (nSPS) is 5.83. The summed E-state index contributed by atoms with van der Waals surface area (Å²) >= 11 is 0. The van der Waals surface area contributed by atoms with Crippen molar-refractivity contribution in [3.05, 3.63) is 0 Å². The first kappa shape index (κ1) is 15.8. The molecule has 0 aliphatic carbocycles. The maximum Gasteiger partial charge on any atom is 1.00 e. The van der Waals surface area contributed by atoms with Crippen molar-refractivity contribution in [3.8, 4) is 0 Å². The third-order valence-corrected chi connectivity index (χ3v) is 0. The second-order valence-electron chi connectivity index (χ2n) is 0.283. The second kappa shape index (κ2) is 10.5. The van der Waals surface area contributed by atoms with Crippen LogP contribution >= 0.6 is 8.25 Å². The van der Waals surface area contributed by atoms with Crippen molar-refractivity contribution in [3.63, 3.8) is 0 Å². The molecule has 0 saturated heterocycles. The Bertz CT molecular complexity index is 37.9. The molecule has 0 aliphatic rings. The maximum atomic E-state index is 8.74. The molecule has 0 aromatic heterocycles. The molecule has 0 saturated carbocycles. The van der Waals surface area contributed by atoms with Crippen LogP contribution in [0.3, 0.4) is 0 Å². The standard InChI is InChI=1S/K.H3O3P.Ti.H/c;1-4(2)3;;/h;4H,(H2,1,2,3);;/q+1;;;-1. The monoisotopic (exact) mass is 170 g/mol. The average Bonchev–Trinajstić information content (AvgIpc) is 0.811. The van der Waals surface area contributed by atoms with Gasteiger partial charge in [0.25, 0.3) is 0 Å². The molecule has 0 radical (unpaired) electrons. The van der Waals surface area contributed by atoms with E-state index in [-0.39, 0.29) is 74.5 Å². The molecule has 0 amide bonds. The third-order valence-electron chi connectivity index (χ3n) is 0. The number of hydrogen-bond donors (Lipinski definition) is 2. The summed E-state index contributed by atoms with van der Waals surface area (Å²) in [7, 11) is -3.13. The van der Waals surface area contributed by atoms with Gasteiger partial charge in [0.05, 0.1) is 0 Å². The van der Waals surface area contributed by atoms with Crippen molar-refractivity contribution in [2.75, 3.05) is 0 Å². The molecule has 6 heteroatoms. The first-order chi connectivity index (χ1) is 1.73. The molecule has 32 valence electrons. The van der Waals surface area contributed by atoms with Gasteiger partial charge in [-0.3, -0.25) is 4.57 Å². The zero-order chi connectivity index (χ0) is 3.58. The van der Waals surface area contributed by atoms with Gasteiger partial charge >= 0.3 is 59.6 Å². The molecular weight excluding hydrogens is 166 g/mol. The van der Waals surface area contributed by atoms with Gasteiger partial charge in [0.1, 0.15) is 0 Å². The van der Waals surface area contributed by atoms with Gasteiger partial charge in [0.15, 0.2) is 0 Å². The van der Waals surface area contributed by atoms with Crippen LogP contribution in [0.2, 0.25) is 0 Å². The summed E-state index contributed by atoms with van der Waals surface area (Å²) in [6.07, 6.45) is 0. The summed E-state index contributed by atoms with van der Waals surface area (Å²) < 4.78 is 8.74. The summed E-state index contributed by atoms with van der Waals surface area (Å²) in [5.41, 5.74) is 0. The Balaban J connectivity index is -0.0000000150. The number of rotatable bonds is 0. The van der Waals surface area contributed by atoms with Crippen molar-refractivity contribution in [1.29, 1.82) is 0 Å². The molecule has 0 aromatic carbocycles. The van der Waals surface area contributed by atoms with E-state index in [1.807, 2.05) is 0 Å². The van der Waals surface area contributed by atoms with Crippen molar-refractivity contribution in [2.24, 2.45) is 0 Å². The summed E-state index contributed by atoms with van der Waals surface area (Å²) in [5, 5.41) is 0. The Labute approximate surface area is 95.3 Å². The van der Waals surface area contributed by atoms with Gasteiger partial charge < -0.3 is 11.2 Å². The minimum Gasteiger partial charge on any atom is -1.00 e. The van der Waals surface area contributed by atoms with E-state index < -0.39 is 8.25 Å². The molecule has 0 bridgehead atoms. The molecule has 6 heavy (non-hydrogen) atoms. The van der Waals surface area contributed by atoms with Crippen molar-refractivity contribution in [1.82, 2.24) is 0 Å². The van der Waals surface area contributed by atoms with Crippen LogP contribution in [0.25, 0.3) is 0 Å². The van der Waals surface area contributed by atoms with Crippen LogP contribution in [0.15, 0.2) is 0 Å². The molecule has 0 rings (SSSR count).